The molecule has 0 spiro atoms. The van der Waals surface area contributed by atoms with Crippen LogP contribution in [0.1, 0.15) is 63.0 Å². The molecule has 1 saturated heterocycles. The number of halogens is 1. The molecule has 0 amide bonds. The third-order valence-corrected chi connectivity index (χ3v) is 9.03. The summed E-state index contributed by atoms with van der Waals surface area (Å²) >= 11 is 2.13. The number of aliphatic hydroxyl groups is 2. The zero-order valence-electron chi connectivity index (χ0n) is 19.6. The van der Waals surface area contributed by atoms with Crippen LogP contribution in [0.5, 0.6) is 5.75 Å². The number of likely N-dealkylation sites (tertiary alicyclic amines) is 1. The van der Waals surface area contributed by atoms with Gasteiger partial charge in [0, 0.05) is 35.1 Å². The number of fused-ring (bicyclic) bond motifs is 1. The first-order valence-corrected chi connectivity index (χ1v) is 13.3. The molecule has 2 heterocycles. The van der Waals surface area contributed by atoms with Crippen molar-refractivity contribution in [1.29, 1.82) is 0 Å². The molecule has 1 aliphatic carbocycles. The molecule has 1 aromatic heterocycles. The van der Waals surface area contributed by atoms with Crippen molar-refractivity contribution in [2.24, 2.45) is 5.41 Å². The van der Waals surface area contributed by atoms with E-state index in [2.05, 4.69) is 21.6 Å². The summed E-state index contributed by atoms with van der Waals surface area (Å²) in [6, 6.07) is 5.29. The van der Waals surface area contributed by atoms with Crippen LogP contribution in [0.4, 0.5) is 4.39 Å². The maximum Gasteiger partial charge on any atom is 0.147 e. The number of piperidine rings is 1. The minimum absolute atomic E-state index is 0.109. The van der Waals surface area contributed by atoms with Crippen LogP contribution in [0.3, 0.4) is 0 Å². The Kier molecular flexibility index (Phi) is 8.49. The number of aromatic nitrogens is 1. The number of thioether (sulfide) groups is 1. The van der Waals surface area contributed by atoms with Gasteiger partial charge < -0.3 is 19.8 Å². The van der Waals surface area contributed by atoms with Gasteiger partial charge in [0.15, 0.2) is 0 Å². The Bertz CT molecular complexity index is 914. The molecule has 2 aromatic rings. The van der Waals surface area contributed by atoms with Crippen molar-refractivity contribution in [1.82, 2.24) is 9.88 Å². The molecule has 0 unspecified atom stereocenters. The second kappa shape index (κ2) is 11.3. The second-order valence-corrected chi connectivity index (χ2v) is 11.1. The number of hydrogen-bond acceptors (Lipinski definition) is 6. The number of pyridine rings is 1. The Morgan fingerprint density at radius 2 is 2.03 bits per heavy atom. The number of methoxy groups -OCH3 is 1. The number of hydrogen-bond donors (Lipinski definition) is 2. The van der Waals surface area contributed by atoms with E-state index in [4.69, 9.17) is 4.74 Å². The summed E-state index contributed by atoms with van der Waals surface area (Å²) < 4.78 is 20.0. The van der Waals surface area contributed by atoms with Crippen molar-refractivity contribution in [3.05, 3.63) is 35.8 Å². The van der Waals surface area contributed by atoms with Crippen LogP contribution in [0.25, 0.3) is 10.9 Å². The molecule has 2 N–H and O–H groups in total. The summed E-state index contributed by atoms with van der Waals surface area (Å²) in [5.74, 6) is 1.29. The van der Waals surface area contributed by atoms with Crippen molar-refractivity contribution >= 4 is 22.7 Å². The van der Waals surface area contributed by atoms with Crippen LogP contribution in [-0.4, -0.2) is 64.5 Å². The molecule has 7 heteroatoms. The molecule has 1 aromatic carbocycles. The fraction of sp³-hybridized carbons (Fsp3) is 0.654. The molecule has 2 fully saturated rings. The molecule has 182 valence electrons. The first-order chi connectivity index (χ1) is 16.0. The molecule has 1 aliphatic heterocycles. The van der Waals surface area contributed by atoms with Gasteiger partial charge in [0.25, 0.3) is 0 Å². The summed E-state index contributed by atoms with van der Waals surface area (Å²) in [6.45, 7) is 3.18. The van der Waals surface area contributed by atoms with Crippen molar-refractivity contribution < 1.29 is 19.3 Å². The monoisotopic (exact) mass is 476 g/mol. The molecule has 5 nitrogen and oxygen atoms in total. The average molecular weight is 477 g/mol. The molecular weight excluding hydrogens is 439 g/mol. The van der Waals surface area contributed by atoms with E-state index in [0.717, 1.165) is 37.7 Å². The van der Waals surface area contributed by atoms with Gasteiger partial charge >= 0.3 is 0 Å². The van der Waals surface area contributed by atoms with Gasteiger partial charge in [-0.1, -0.05) is 12.8 Å². The number of benzene rings is 1. The van der Waals surface area contributed by atoms with Gasteiger partial charge in [-0.2, -0.15) is 11.8 Å². The minimum Gasteiger partial charge on any atom is -0.497 e. The fourth-order valence-corrected chi connectivity index (χ4v) is 6.73. The van der Waals surface area contributed by atoms with E-state index in [9.17, 15) is 14.6 Å². The third kappa shape index (κ3) is 5.99. The van der Waals surface area contributed by atoms with E-state index < -0.39 is 11.9 Å². The van der Waals surface area contributed by atoms with E-state index in [1.54, 1.807) is 25.3 Å². The highest BCUT2D eigenvalue weighted by Crippen LogP contribution is 2.39. The quantitative estimate of drug-likeness (QED) is 0.506. The minimum atomic E-state index is -0.952. The van der Waals surface area contributed by atoms with Gasteiger partial charge in [-0.3, -0.25) is 4.98 Å². The van der Waals surface area contributed by atoms with Crippen LogP contribution in [0.2, 0.25) is 0 Å². The van der Waals surface area contributed by atoms with E-state index in [1.165, 1.54) is 37.6 Å². The van der Waals surface area contributed by atoms with Gasteiger partial charge in [-0.25, -0.2) is 4.39 Å². The highest BCUT2D eigenvalue weighted by Gasteiger charge is 2.35. The van der Waals surface area contributed by atoms with Crippen LogP contribution in [0, 0.1) is 11.2 Å². The predicted molar refractivity (Wildman–Crippen MR) is 132 cm³/mol. The zero-order valence-corrected chi connectivity index (χ0v) is 20.5. The molecule has 33 heavy (non-hydrogen) atoms. The summed E-state index contributed by atoms with van der Waals surface area (Å²) in [5, 5.41) is 22.6. The Morgan fingerprint density at radius 1 is 1.27 bits per heavy atom. The Balaban J connectivity index is 1.33. The van der Waals surface area contributed by atoms with Crippen LogP contribution in [-0.2, 0) is 0 Å². The molecule has 1 atom stereocenters. The summed E-state index contributed by atoms with van der Waals surface area (Å²) in [7, 11) is 1.56. The van der Waals surface area contributed by atoms with E-state index in [0.29, 0.717) is 29.5 Å². The van der Waals surface area contributed by atoms with Crippen molar-refractivity contribution in [3.63, 3.8) is 0 Å². The van der Waals surface area contributed by atoms with Crippen molar-refractivity contribution in [2.75, 3.05) is 39.1 Å². The lowest BCUT2D eigenvalue weighted by Gasteiger charge is -2.41. The third-order valence-electron chi connectivity index (χ3n) is 7.66. The zero-order chi connectivity index (χ0) is 23.3. The molecule has 4 rings (SSSR count). The summed E-state index contributed by atoms with van der Waals surface area (Å²) in [4.78, 5) is 6.66. The van der Waals surface area contributed by atoms with Crippen LogP contribution in [0.15, 0.2) is 24.4 Å². The lowest BCUT2D eigenvalue weighted by atomic mass is 9.74. The Morgan fingerprint density at radius 3 is 2.73 bits per heavy atom. The molecule has 2 aliphatic rings. The standard InChI is InChI=1S/C26H37FN2O3S/c1-32-19-6-7-23-21(16-19)25(22(27)17-28-23)24(31)8-9-26(18-30)10-12-29(13-11-26)14-15-33-20-4-2-3-5-20/h6-7,16-17,20,24,30-31H,2-5,8-15,18H2,1H3/t24-/m0/s1. The van der Waals surface area contributed by atoms with E-state index in [-0.39, 0.29) is 17.6 Å². The summed E-state index contributed by atoms with van der Waals surface area (Å²) in [6.07, 6.45) is 8.66. The van der Waals surface area contributed by atoms with Gasteiger partial charge in [-0.15, -0.1) is 0 Å². The fourth-order valence-electron chi connectivity index (χ4n) is 5.36. The maximum atomic E-state index is 14.7. The van der Waals surface area contributed by atoms with Crippen LogP contribution < -0.4 is 4.74 Å². The SMILES string of the molecule is COc1ccc2ncc(F)c([C@@H](O)CCC3(CO)CCN(CCSC4CCCC4)CC3)c2c1. The number of rotatable bonds is 10. The molecule has 0 bridgehead atoms. The van der Waals surface area contributed by atoms with Crippen LogP contribution >= 0.6 is 11.8 Å². The van der Waals surface area contributed by atoms with Gasteiger partial charge in [0.2, 0.25) is 0 Å². The average Bonchev–Trinajstić information content (AvgIpc) is 3.36. The normalized spacial score (nSPS) is 20.4. The summed E-state index contributed by atoms with van der Waals surface area (Å²) in [5.41, 5.74) is 0.702. The van der Waals surface area contributed by atoms with E-state index >= 15 is 0 Å². The topological polar surface area (TPSA) is 65.8 Å². The Hall–Kier alpha value is -1.41. The smallest absolute Gasteiger partial charge is 0.147 e. The van der Waals surface area contributed by atoms with Crippen molar-refractivity contribution in [2.45, 2.75) is 62.7 Å². The van der Waals surface area contributed by atoms with Crippen molar-refractivity contribution in [3.8, 4) is 5.75 Å². The Labute approximate surface area is 200 Å². The lowest BCUT2D eigenvalue weighted by Crippen LogP contribution is -2.43. The lowest BCUT2D eigenvalue weighted by molar-refractivity contribution is 0.0251. The van der Waals surface area contributed by atoms with E-state index in [1.807, 2.05) is 0 Å². The second-order valence-electron chi connectivity index (χ2n) is 9.73. The number of ether oxygens (including phenoxy) is 1. The number of aliphatic hydroxyl groups excluding tert-OH is 2. The first kappa shape index (κ1) is 24.7. The van der Waals surface area contributed by atoms with Gasteiger partial charge in [0.1, 0.15) is 11.6 Å². The highest BCUT2D eigenvalue weighted by atomic mass is 32.2. The van der Waals surface area contributed by atoms with Gasteiger partial charge in [-0.05, 0) is 75.2 Å². The molecule has 1 saturated carbocycles. The molecule has 0 radical (unpaired) electrons. The largest absolute Gasteiger partial charge is 0.497 e. The predicted octanol–water partition coefficient (Wildman–Crippen LogP) is 4.95. The molecular formula is C26H37FN2O3S. The van der Waals surface area contributed by atoms with Gasteiger partial charge in [0.05, 0.1) is 24.9 Å². The highest BCUT2D eigenvalue weighted by molar-refractivity contribution is 7.99. The first-order valence-electron chi connectivity index (χ1n) is 12.3. The number of nitrogens with zero attached hydrogens (tertiary/aromatic N) is 2. The maximum absolute atomic E-state index is 14.7.